The van der Waals surface area contributed by atoms with Crippen molar-refractivity contribution in [1.29, 1.82) is 5.26 Å². The quantitative estimate of drug-likeness (QED) is 0.196. The van der Waals surface area contributed by atoms with Crippen molar-refractivity contribution in [3.05, 3.63) is 178 Å². The van der Waals surface area contributed by atoms with Crippen LogP contribution in [0.1, 0.15) is 72.4 Å². The first-order valence-corrected chi connectivity index (χ1v) is 17.7. The van der Waals surface area contributed by atoms with Crippen LogP contribution >= 0.6 is 0 Å². The maximum absolute atomic E-state index is 9.80. The van der Waals surface area contributed by atoms with Crippen LogP contribution in [-0.2, 0) is 11.0 Å². The monoisotopic (exact) mass is 644 g/mol. The van der Waals surface area contributed by atoms with E-state index in [1.807, 2.05) is 6.07 Å². The third kappa shape index (κ3) is 3.91. The molecule has 2 heterocycles. The SMILES string of the molecule is CC1(C)c2cc(C#N)ccc2-c2c1c1c(c3ccccc23)OC(C2=CC=CCC2)(c2ccc3c(c2)C2CC=CC=C2N3c2ccccc2)C=C1. The van der Waals surface area contributed by atoms with Crippen LogP contribution in [0.5, 0.6) is 5.75 Å². The van der Waals surface area contributed by atoms with Crippen LogP contribution in [0, 0.1) is 11.3 Å². The summed E-state index contributed by atoms with van der Waals surface area (Å²) in [5, 5.41) is 12.1. The summed E-state index contributed by atoms with van der Waals surface area (Å²) in [7, 11) is 0. The predicted octanol–water partition coefficient (Wildman–Crippen LogP) is 11.7. The second-order valence-corrected chi connectivity index (χ2v) is 14.6. The van der Waals surface area contributed by atoms with Gasteiger partial charge in [0.1, 0.15) is 5.75 Å². The molecule has 5 aliphatic rings. The number of fused-ring (bicyclic) bond motifs is 11. The van der Waals surface area contributed by atoms with E-state index in [1.54, 1.807) is 0 Å². The largest absolute Gasteiger partial charge is 0.473 e. The van der Waals surface area contributed by atoms with Crippen LogP contribution in [0.2, 0.25) is 0 Å². The van der Waals surface area contributed by atoms with Gasteiger partial charge < -0.3 is 9.64 Å². The molecule has 2 atom stereocenters. The summed E-state index contributed by atoms with van der Waals surface area (Å²) >= 11 is 0. The maximum atomic E-state index is 9.80. The molecule has 0 radical (unpaired) electrons. The predicted molar refractivity (Wildman–Crippen MR) is 204 cm³/mol. The maximum Gasteiger partial charge on any atom is 0.174 e. The van der Waals surface area contributed by atoms with Crippen molar-refractivity contribution in [1.82, 2.24) is 0 Å². The number of anilines is 2. The number of allylic oxidation sites excluding steroid dienone is 7. The highest BCUT2D eigenvalue weighted by atomic mass is 16.5. The van der Waals surface area contributed by atoms with Gasteiger partial charge in [-0.05, 0) is 107 Å². The number of para-hydroxylation sites is 1. The van der Waals surface area contributed by atoms with Crippen molar-refractivity contribution in [2.45, 2.75) is 50.0 Å². The number of hydrogen-bond donors (Lipinski definition) is 0. The average Bonchev–Trinajstić information content (AvgIpc) is 3.63. The zero-order chi connectivity index (χ0) is 33.6. The Bertz CT molecular complexity index is 2480. The van der Waals surface area contributed by atoms with Crippen LogP contribution in [-0.4, -0.2) is 0 Å². The molecule has 0 N–H and O–H groups in total. The van der Waals surface area contributed by atoms with Gasteiger partial charge in [0.05, 0.1) is 11.6 Å². The van der Waals surface area contributed by atoms with Crippen molar-refractivity contribution in [2.24, 2.45) is 0 Å². The normalized spacial score (nSPS) is 21.7. The molecule has 10 rings (SSSR count). The number of ether oxygens (including phenoxy) is 1. The van der Waals surface area contributed by atoms with Crippen LogP contribution < -0.4 is 9.64 Å². The first-order valence-electron chi connectivity index (χ1n) is 17.7. The van der Waals surface area contributed by atoms with Gasteiger partial charge >= 0.3 is 0 Å². The lowest BCUT2D eigenvalue weighted by Crippen LogP contribution is -2.36. The summed E-state index contributed by atoms with van der Waals surface area (Å²) in [5.74, 6) is 1.22. The summed E-state index contributed by atoms with van der Waals surface area (Å²) in [6.07, 6.45) is 21.1. The molecule has 50 heavy (non-hydrogen) atoms. The molecule has 2 unspecified atom stereocenters. The van der Waals surface area contributed by atoms with Gasteiger partial charge in [0.25, 0.3) is 0 Å². The minimum Gasteiger partial charge on any atom is -0.473 e. The first-order chi connectivity index (χ1) is 24.5. The number of benzene rings is 5. The van der Waals surface area contributed by atoms with Gasteiger partial charge in [-0.1, -0.05) is 105 Å². The molecule has 0 fully saturated rings. The molecule has 0 amide bonds. The second kappa shape index (κ2) is 10.6. The average molecular weight is 645 g/mol. The summed E-state index contributed by atoms with van der Waals surface area (Å²) in [4.78, 5) is 2.43. The molecule has 3 aliphatic carbocycles. The highest BCUT2D eigenvalue weighted by molar-refractivity contribution is 6.08. The molecule has 2 aliphatic heterocycles. The number of nitrogens with zero attached hydrogens (tertiary/aromatic N) is 2. The third-order valence-corrected chi connectivity index (χ3v) is 11.6. The Morgan fingerprint density at radius 2 is 1.68 bits per heavy atom. The zero-order valence-corrected chi connectivity index (χ0v) is 28.3. The Hall–Kier alpha value is -5.85. The number of nitriles is 1. The highest BCUT2D eigenvalue weighted by Gasteiger charge is 2.46. The standard InChI is InChI=1S/C47H36N2O/c1-46(2)40-27-30(29-48)21-23-37(40)43-35-18-9-10-19-36(35)45-38(44(43)46)25-26-47(50-45,31-13-5-3-6-14-31)32-22-24-42-39(28-32)34-17-11-12-20-41(34)49(42)33-15-7-4-8-16-33/h3-5,7-13,15-16,18-28,34H,6,14,17H2,1-2H3. The van der Waals surface area contributed by atoms with Crippen molar-refractivity contribution in [2.75, 3.05) is 4.90 Å². The van der Waals surface area contributed by atoms with Gasteiger partial charge in [-0.3, -0.25) is 0 Å². The number of rotatable bonds is 3. The van der Waals surface area contributed by atoms with Crippen molar-refractivity contribution < 1.29 is 4.74 Å². The molecule has 0 saturated carbocycles. The van der Waals surface area contributed by atoms with E-state index < -0.39 is 5.60 Å². The first kappa shape index (κ1) is 29.1. The second-order valence-electron chi connectivity index (χ2n) is 14.6. The van der Waals surface area contributed by atoms with Crippen molar-refractivity contribution in [3.63, 3.8) is 0 Å². The lowest BCUT2D eigenvalue weighted by Gasteiger charge is -2.40. The highest BCUT2D eigenvalue weighted by Crippen LogP contribution is 2.59. The summed E-state index contributed by atoms with van der Waals surface area (Å²) in [6.45, 7) is 4.58. The molecular formula is C47H36N2O. The molecule has 240 valence electrons. The van der Waals surface area contributed by atoms with E-state index in [4.69, 9.17) is 4.74 Å². The minimum atomic E-state index is -0.762. The molecule has 5 aromatic rings. The molecule has 0 bridgehead atoms. The molecule has 3 heteroatoms. The van der Waals surface area contributed by atoms with Crippen LogP contribution in [0.4, 0.5) is 11.4 Å². The van der Waals surface area contributed by atoms with Crippen LogP contribution in [0.15, 0.2) is 145 Å². The van der Waals surface area contributed by atoms with Gasteiger partial charge in [0.15, 0.2) is 5.60 Å². The topological polar surface area (TPSA) is 36.3 Å². The molecule has 0 spiro atoms. The van der Waals surface area contributed by atoms with E-state index in [2.05, 4.69) is 158 Å². The Labute approximate surface area is 293 Å². The van der Waals surface area contributed by atoms with Gasteiger partial charge in [0, 0.05) is 44.9 Å². The van der Waals surface area contributed by atoms with Crippen LogP contribution in [0.3, 0.4) is 0 Å². The van der Waals surface area contributed by atoms with Crippen LogP contribution in [0.25, 0.3) is 28.0 Å². The minimum absolute atomic E-state index is 0.286. The fourth-order valence-corrected chi connectivity index (χ4v) is 9.34. The Morgan fingerprint density at radius 3 is 2.50 bits per heavy atom. The molecule has 0 aromatic heterocycles. The van der Waals surface area contributed by atoms with Gasteiger partial charge in [0.2, 0.25) is 0 Å². The molecular weight excluding hydrogens is 609 g/mol. The fraction of sp³-hybridized carbons (Fsp3) is 0.170. The zero-order valence-electron chi connectivity index (χ0n) is 28.3. The lowest BCUT2D eigenvalue weighted by atomic mass is 9.75. The van der Waals surface area contributed by atoms with Gasteiger partial charge in [-0.2, -0.15) is 5.26 Å². The summed E-state index contributed by atoms with van der Waals surface area (Å²) in [6, 6.07) is 35.0. The van der Waals surface area contributed by atoms with Crippen molar-refractivity contribution >= 4 is 28.2 Å². The smallest absolute Gasteiger partial charge is 0.174 e. The molecule has 0 saturated heterocycles. The van der Waals surface area contributed by atoms with E-state index in [1.165, 1.54) is 55.8 Å². The van der Waals surface area contributed by atoms with E-state index in [0.717, 1.165) is 41.5 Å². The summed E-state index contributed by atoms with van der Waals surface area (Å²) in [5.41, 5.74) is 13.2. The fourth-order valence-electron chi connectivity index (χ4n) is 9.34. The van der Waals surface area contributed by atoms with Gasteiger partial charge in [-0.15, -0.1) is 0 Å². The van der Waals surface area contributed by atoms with E-state index in [0.29, 0.717) is 5.56 Å². The van der Waals surface area contributed by atoms with E-state index in [9.17, 15) is 5.26 Å². The van der Waals surface area contributed by atoms with E-state index >= 15 is 0 Å². The van der Waals surface area contributed by atoms with Gasteiger partial charge in [-0.25, -0.2) is 0 Å². The van der Waals surface area contributed by atoms with Crippen molar-refractivity contribution in [3.8, 4) is 22.9 Å². The lowest BCUT2D eigenvalue weighted by molar-refractivity contribution is 0.154. The Kier molecular flexibility index (Phi) is 6.15. The Morgan fingerprint density at radius 1 is 0.860 bits per heavy atom. The Balaban J connectivity index is 1.20. The third-order valence-electron chi connectivity index (χ3n) is 11.6. The molecule has 3 nitrogen and oxygen atoms in total. The summed E-state index contributed by atoms with van der Waals surface area (Å²) < 4.78 is 7.64. The van der Waals surface area contributed by atoms with E-state index in [-0.39, 0.29) is 11.3 Å². The number of hydrogen-bond acceptors (Lipinski definition) is 3. The molecule has 5 aromatic carbocycles.